The van der Waals surface area contributed by atoms with Crippen LogP contribution < -0.4 is 4.72 Å². The maximum absolute atomic E-state index is 13.1. The van der Waals surface area contributed by atoms with E-state index in [1.54, 1.807) is 30.3 Å². The van der Waals surface area contributed by atoms with Crippen molar-refractivity contribution < 1.29 is 13.2 Å². The van der Waals surface area contributed by atoms with E-state index in [0.717, 1.165) is 38.5 Å². The summed E-state index contributed by atoms with van der Waals surface area (Å²) in [5, 5.41) is 0.531. The summed E-state index contributed by atoms with van der Waals surface area (Å²) in [6.07, 6.45) is 10.1. The molecule has 1 amide bonds. The summed E-state index contributed by atoms with van der Waals surface area (Å²) in [5.74, 6) is 1.74. The maximum atomic E-state index is 13.1. The Hall–Kier alpha value is -1.37. The van der Waals surface area contributed by atoms with Gasteiger partial charge in [-0.05, 0) is 92.0 Å². The molecule has 32 heavy (non-hydrogen) atoms. The number of carbonyl (C=O) groups excluding carboxylic acids is 1. The van der Waals surface area contributed by atoms with Gasteiger partial charge < -0.3 is 4.90 Å². The van der Waals surface area contributed by atoms with Crippen molar-refractivity contribution in [3.8, 4) is 0 Å². The first-order valence-corrected chi connectivity index (χ1v) is 13.7. The number of hydrogen-bond donors (Lipinski definition) is 1. The minimum atomic E-state index is -3.59. The molecule has 0 saturated heterocycles. The lowest BCUT2D eigenvalue weighted by molar-refractivity contribution is -0.138. The van der Waals surface area contributed by atoms with Crippen molar-refractivity contribution >= 4 is 27.5 Å². The summed E-state index contributed by atoms with van der Waals surface area (Å²) >= 11 is 5.95. The van der Waals surface area contributed by atoms with Gasteiger partial charge in [0, 0.05) is 29.6 Å². The molecule has 1 aliphatic heterocycles. The Balaban J connectivity index is 1.39. The summed E-state index contributed by atoms with van der Waals surface area (Å²) in [6.45, 7) is 4.64. The normalized spacial score (nSPS) is 41.2. The molecule has 0 spiro atoms. The van der Waals surface area contributed by atoms with Crippen molar-refractivity contribution in [3.63, 3.8) is 0 Å². The van der Waals surface area contributed by atoms with E-state index >= 15 is 0 Å². The maximum Gasteiger partial charge on any atom is 0.246 e. The average Bonchev–Trinajstić information content (AvgIpc) is 3.07. The van der Waals surface area contributed by atoms with E-state index in [9.17, 15) is 13.2 Å². The van der Waals surface area contributed by atoms with Gasteiger partial charge in [0.15, 0.2) is 0 Å². The standard InChI is InChI=1S/C25H33ClN2O3S/c1-24-14-12-20-18(8-11-22-25(20,2)15-13-23(29)28(22)3)19(24)9-10-21(24)27-32(30,31)17-6-4-16(26)5-7-17/h4-7,13,15,18-22,27H,8-12,14H2,1-3H3/t18-,19-,20-,21-,22+,24-,25+/m0/s1. The second-order valence-corrected chi connectivity index (χ2v) is 13.0. The quantitative estimate of drug-likeness (QED) is 0.691. The number of amides is 1. The summed E-state index contributed by atoms with van der Waals surface area (Å²) < 4.78 is 29.3. The Morgan fingerprint density at radius 3 is 2.47 bits per heavy atom. The SMILES string of the molecule is CN1C(=O)C=C[C@]2(C)[C@H]3CC[C@]4(C)[C@@H](NS(=O)(=O)c5ccc(Cl)cc5)CC[C@H]4[C@@H]3CC[C@@H]12. The number of nitrogens with one attached hydrogen (secondary N) is 1. The van der Waals surface area contributed by atoms with Gasteiger partial charge in [-0.2, -0.15) is 0 Å². The number of hydrogen-bond acceptors (Lipinski definition) is 3. The van der Waals surface area contributed by atoms with Gasteiger partial charge in [0.2, 0.25) is 15.9 Å². The predicted molar refractivity (Wildman–Crippen MR) is 126 cm³/mol. The van der Waals surface area contributed by atoms with Crippen LogP contribution in [0.3, 0.4) is 0 Å². The van der Waals surface area contributed by atoms with Gasteiger partial charge in [0.05, 0.1) is 4.90 Å². The second kappa shape index (κ2) is 7.57. The van der Waals surface area contributed by atoms with Crippen LogP contribution in [0.5, 0.6) is 0 Å². The van der Waals surface area contributed by atoms with Crippen LogP contribution in [-0.2, 0) is 14.8 Å². The fourth-order valence-corrected chi connectivity index (χ4v) is 9.32. The predicted octanol–water partition coefficient (Wildman–Crippen LogP) is 4.63. The van der Waals surface area contributed by atoms with Gasteiger partial charge in [-0.25, -0.2) is 13.1 Å². The number of benzene rings is 1. The molecule has 7 atom stereocenters. The van der Waals surface area contributed by atoms with Gasteiger partial charge in [0.25, 0.3) is 0 Å². The fourth-order valence-electron chi connectivity index (χ4n) is 7.80. The Morgan fingerprint density at radius 1 is 1.03 bits per heavy atom. The third-order valence-electron chi connectivity index (χ3n) is 9.55. The number of rotatable bonds is 3. The highest BCUT2D eigenvalue weighted by atomic mass is 35.5. The molecule has 5 nitrogen and oxygen atoms in total. The lowest BCUT2D eigenvalue weighted by atomic mass is 9.48. The molecular formula is C25H33ClN2O3S. The van der Waals surface area contributed by atoms with E-state index < -0.39 is 10.0 Å². The Morgan fingerprint density at radius 2 is 1.75 bits per heavy atom. The van der Waals surface area contributed by atoms with E-state index in [-0.39, 0.29) is 33.7 Å². The van der Waals surface area contributed by atoms with Gasteiger partial charge >= 0.3 is 0 Å². The van der Waals surface area contributed by atoms with Crippen molar-refractivity contribution in [2.24, 2.45) is 28.6 Å². The summed E-state index contributed by atoms with van der Waals surface area (Å²) in [7, 11) is -1.64. The summed E-state index contributed by atoms with van der Waals surface area (Å²) in [6, 6.07) is 6.62. The topological polar surface area (TPSA) is 66.5 Å². The number of halogens is 1. The monoisotopic (exact) mass is 476 g/mol. The van der Waals surface area contributed by atoms with Gasteiger partial charge in [0.1, 0.15) is 0 Å². The molecule has 3 fully saturated rings. The van der Waals surface area contributed by atoms with Crippen molar-refractivity contribution in [2.45, 2.75) is 69.4 Å². The first-order chi connectivity index (χ1) is 15.1. The molecule has 1 heterocycles. The van der Waals surface area contributed by atoms with Crippen LogP contribution in [0.1, 0.15) is 52.4 Å². The second-order valence-electron chi connectivity index (χ2n) is 10.9. The molecule has 4 aliphatic rings. The highest BCUT2D eigenvalue weighted by Crippen LogP contribution is 2.64. The van der Waals surface area contributed by atoms with Crippen LogP contribution in [0.2, 0.25) is 5.02 Å². The molecular weight excluding hydrogens is 444 g/mol. The molecule has 7 heteroatoms. The fraction of sp³-hybridized carbons (Fsp3) is 0.640. The molecule has 5 rings (SSSR count). The lowest BCUT2D eigenvalue weighted by Crippen LogP contribution is -2.60. The van der Waals surface area contributed by atoms with E-state index in [2.05, 4.69) is 24.6 Å². The van der Waals surface area contributed by atoms with E-state index in [1.165, 1.54) is 0 Å². The molecule has 0 radical (unpaired) electrons. The summed E-state index contributed by atoms with van der Waals surface area (Å²) in [5.41, 5.74) is -0.0300. The van der Waals surface area contributed by atoms with Crippen molar-refractivity contribution in [1.29, 1.82) is 0 Å². The average molecular weight is 477 g/mol. The van der Waals surface area contributed by atoms with E-state index in [4.69, 9.17) is 11.6 Å². The van der Waals surface area contributed by atoms with Gasteiger partial charge in [-0.1, -0.05) is 31.5 Å². The minimum Gasteiger partial charge on any atom is -0.338 e. The van der Waals surface area contributed by atoms with Gasteiger partial charge in [-0.15, -0.1) is 0 Å². The molecule has 3 saturated carbocycles. The van der Waals surface area contributed by atoms with Gasteiger partial charge in [-0.3, -0.25) is 4.79 Å². The Kier molecular flexibility index (Phi) is 5.31. The van der Waals surface area contributed by atoms with Crippen LogP contribution in [0.25, 0.3) is 0 Å². The highest BCUT2D eigenvalue weighted by molar-refractivity contribution is 7.89. The third-order valence-corrected chi connectivity index (χ3v) is 11.3. The largest absolute Gasteiger partial charge is 0.338 e. The molecule has 0 aromatic heterocycles. The van der Waals surface area contributed by atoms with E-state index in [1.807, 2.05) is 11.9 Å². The molecule has 0 unspecified atom stereocenters. The van der Waals surface area contributed by atoms with Crippen LogP contribution in [0, 0.1) is 28.6 Å². The Labute approximate surface area is 196 Å². The zero-order valence-electron chi connectivity index (χ0n) is 19.1. The molecule has 0 bridgehead atoms. The number of carbonyl (C=O) groups is 1. The number of fused-ring (bicyclic) bond motifs is 5. The minimum absolute atomic E-state index is 0.00774. The molecule has 3 aliphatic carbocycles. The van der Waals surface area contributed by atoms with Crippen molar-refractivity contribution in [2.75, 3.05) is 7.05 Å². The van der Waals surface area contributed by atoms with Crippen molar-refractivity contribution in [3.05, 3.63) is 41.4 Å². The first kappa shape index (κ1) is 22.4. The Bertz CT molecular complexity index is 1060. The van der Waals surface area contributed by atoms with Crippen molar-refractivity contribution in [1.82, 2.24) is 9.62 Å². The number of nitrogens with zero attached hydrogens (tertiary/aromatic N) is 1. The third kappa shape index (κ3) is 3.28. The van der Waals surface area contributed by atoms with Crippen LogP contribution >= 0.6 is 11.6 Å². The first-order valence-electron chi connectivity index (χ1n) is 11.8. The number of likely N-dealkylation sites (N-methyl/N-ethyl adjacent to an activating group) is 1. The highest BCUT2D eigenvalue weighted by Gasteiger charge is 2.60. The van der Waals surface area contributed by atoms with Crippen LogP contribution in [0.4, 0.5) is 0 Å². The molecule has 1 N–H and O–H groups in total. The zero-order chi connectivity index (χ0) is 22.9. The lowest BCUT2D eigenvalue weighted by Gasteiger charge is -2.60. The van der Waals surface area contributed by atoms with Crippen LogP contribution in [0.15, 0.2) is 41.3 Å². The van der Waals surface area contributed by atoms with E-state index in [0.29, 0.717) is 22.8 Å². The van der Waals surface area contributed by atoms with Crippen LogP contribution in [-0.4, -0.2) is 38.4 Å². The summed E-state index contributed by atoms with van der Waals surface area (Å²) in [4.78, 5) is 14.5. The smallest absolute Gasteiger partial charge is 0.246 e. The molecule has 1 aromatic carbocycles. The zero-order valence-corrected chi connectivity index (χ0v) is 20.6. The molecule has 1 aromatic rings. The molecule has 174 valence electrons. The number of sulfonamides is 1.